The third-order valence-electron chi connectivity index (χ3n) is 4.78. The molecule has 0 unspecified atom stereocenters. The van der Waals surface area contributed by atoms with E-state index in [1.807, 2.05) is 36.6 Å². The molecular formula is C21H27N3O3S. The fraction of sp³-hybridized carbons (Fsp3) is 0.476. The number of ether oxygens (including phenoxy) is 1. The fourth-order valence-corrected chi connectivity index (χ4v) is 4.15. The Labute approximate surface area is 169 Å². The Morgan fingerprint density at radius 3 is 2.57 bits per heavy atom. The second kappa shape index (κ2) is 10.2. The molecule has 0 aliphatic heterocycles. The van der Waals surface area contributed by atoms with Crippen LogP contribution >= 0.6 is 11.3 Å². The number of carbonyl (C=O) groups is 2. The number of amides is 2. The molecule has 0 radical (unpaired) electrons. The predicted octanol–water partition coefficient (Wildman–Crippen LogP) is 3.17. The van der Waals surface area contributed by atoms with Gasteiger partial charge in [0.05, 0.1) is 18.7 Å². The van der Waals surface area contributed by atoms with Crippen molar-refractivity contribution in [3.05, 3.63) is 35.3 Å². The summed E-state index contributed by atoms with van der Waals surface area (Å²) in [7, 11) is 0. The number of benzene rings is 1. The Kier molecular flexibility index (Phi) is 7.42. The minimum absolute atomic E-state index is 0.0846. The van der Waals surface area contributed by atoms with Crippen LogP contribution in [0.4, 0.5) is 0 Å². The molecule has 28 heavy (non-hydrogen) atoms. The summed E-state index contributed by atoms with van der Waals surface area (Å²) in [6.07, 6.45) is 4.49. The van der Waals surface area contributed by atoms with Crippen molar-refractivity contribution >= 4 is 23.2 Å². The van der Waals surface area contributed by atoms with Crippen LogP contribution in [0.3, 0.4) is 0 Å². The molecular weight excluding hydrogens is 374 g/mol. The Hall–Kier alpha value is -2.41. The van der Waals surface area contributed by atoms with Crippen LogP contribution in [-0.2, 0) is 16.0 Å². The molecule has 0 saturated heterocycles. The molecule has 1 fully saturated rings. The quantitative estimate of drug-likeness (QED) is 0.633. The summed E-state index contributed by atoms with van der Waals surface area (Å²) in [5, 5.41) is 8.54. The smallest absolute Gasteiger partial charge is 0.226 e. The van der Waals surface area contributed by atoms with Crippen LogP contribution in [0, 0.1) is 5.92 Å². The van der Waals surface area contributed by atoms with Gasteiger partial charge >= 0.3 is 0 Å². The number of nitrogens with one attached hydrogen (secondary N) is 2. The van der Waals surface area contributed by atoms with Gasteiger partial charge in [0.1, 0.15) is 10.8 Å². The van der Waals surface area contributed by atoms with Crippen molar-refractivity contribution in [3.8, 4) is 16.3 Å². The molecule has 0 atom stereocenters. The predicted molar refractivity (Wildman–Crippen MR) is 110 cm³/mol. The number of aromatic nitrogens is 1. The topological polar surface area (TPSA) is 80.3 Å². The average Bonchev–Trinajstić information content (AvgIpc) is 3.38. The van der Waals surface area contributed by atoms with Gasteiger partial charge in [0, 0.05) is 30.0 Å². The van der Waals surface area contributed by atoms with Gasteiger partial charge in [-0.05, 0) is 44.0 Å². The Morgan fingerprint density at radius 1 is 1.14 bits per heavy atom. The monoisotopic (exact) mass is 401 g/mol. The molecule has 7 heteroatoms. The molecule has 0 spiro atoms. The van der Waals surface area contributed by atoms with Crippen LogP contribution in [0.5, 0.6) is 5.75 Å². The number of rotatable bonds is 9. The van der Waals surface area contributed by atoms with Crippen molar-refractivity contribution in [2.75, 3.05) is 19.7 Å². The molecule has 3 rings (SSSR count). The van der Waals surface area contributed by atoms with Crippen molar-refractivity contribution in [1.29, 1.82) is 0 Å². The molecule has 2 N–H and O–H groups in total. The van der Waals surface area contributed by atoms with Crippen LogP contribution in [0.15, 0.2) is 29.6 Å². The molecule has 150 valence electrons. The average molecular weight is 402 g/mol. The minimum atomic E-state index is -0.0846. The highest BCUT2D eigenvalue weighted by molar-refractivity contribution is 7.13. The summed E-state index contributed by atoms with van der Waals surface area (Å²) in [4.78, 5) is 28.6. The molecule has 1 aromatic heterocycles. The first kappa shape index (κ1) is 20.3. The zero-order valence-electron chi connectivity index (χ0n) is 16.2. The highest BCUT2D eigenvalue weighted by Crippen LogP contribution is 2.26. The van der Waals surface area contributed by atoms with E-state index in [1.54, 1.807) is 0 Å². The number of carbonyl (C=O) groups excluding carboxylic acids is 2. The molecule has 2 amide bonds. The highest BCUT2D eigenvalue weighted by atomic mass is 32.1. The first-order valence-corrected chi connectivity index (χ1v) is 10.8. The maximum absolute atomic E-state index is 12.1. The number of nitrogens with zero attached hydrogens (tertiary/aromatic N) is 1. The molecule has 1 aliphatic carbocycles. The summed E-state index contributed by atoms with van der Waals surface area (Å²) in [5.74, 6) is 1.03. The van der Waals surface area contributed by atoms with Gasteiger partial charge in [-0.3, -0.25) is 9.59 Å². The van der Waals surface area contributed by atoms with E-state index in [4.69, 9.17) is 4.74 Å². The second-order valence-electron chi connectivity index (χ2n) is 6.90. The van der Waals surface area contributed by atoms with Gasteiger partial charge < -0.3 is 15.4 Å². The van der Waals surface area contributed by atoms with Gasteiger partial charge in [-0.15, -0.1) is 11.3 Å². The van der Waals surface area contributed by atoms with E-state index in [1.165, 1.54) is 11.3 Å². The van der Waals surface area contributed by atoms with E-state index in [0.717, 1.165) is 47.7 Å². The molecule has 6 nitrogen and oxygen atoms in total. The van der Waals surface area contributed by atoms with Gasteiger partial charge in [-0.1, -0.05) is 12.8 Å². The normalized spacial score (nSPS) is 14.0. The van der Waals surface area contributed by atoms with Gasteiger partial charge in [0.2, 0.25) is 11.8 Å². The highest BCUT2D eigenvalue weighted by Gasteiger charge is 2.21. The second-order valence-corrected chi connectivity index (χ2v) is 7.76. The van der Waals surface area contributed by atoms with E-state index < -0.39 is 0 Å². The summed E-state index contributed by atoms with van der Waals surface area (Å²) in [5.41, 5.74) is 1.76. The van der Waals surface area contributed by atoms with Crippen LogP contribution < -0.4 is 15.4 Å². The van der Waals surface area contributed by atoms with Crippen LogP contribution in [-0.4, -0.2) is 36.5 Å². The minimum Gasteiger partial charge on any atom is -0.494 e. The summed E-state index contributed by atoms with van der Waals surface area (Å²) in [6.45, 7) is 3.50. The van der Waals surface area contributed by atoms with Crippen molar-refractivity contribution in [1.82, 2.24) is 15.6 Å². The maximum atomic E-state index is 12.1. The molecule has 2 aromatic rings. The molecule has 1 aliphatic rings. The van der Waals surface area contributed by atoms with Gasteiger partial charge in [0.15, 0.2) is 0 Å². The van der Waals surface area contributed by atoms with Gasteiger partial charge in [-0.2, -0.15) is 0 Å². The van der Waals surface area contributed by atoms with Crippen molar-refractivity contribution < 1.29 is 14.3 Å². The first-order valence-electron chi connectivity index (χ1n) is 9.87. The third-order valence-corrected chi connectivity index (χ3v) is 5.72. The summed E-state index contributed by atoms with van der Waals surface area (Å²) >= 11 is 1.52. The van der Waals surface area contributed by atoms with E-state index in [-0.39, 0.29) is 24.2 Å². The molecule has 1 heterocycles. The van der Waals surface area contributed by atoms with E-state index in [0.29, 0.717) is 19.7 Å². The van der Waals surface area contributed by atoms with Crippen LogP contribution in [0.25, 0.3) is 10.6 Å². The summed E-state index contributed by atoms with van der Waals surface area (Å²) in [6, 6.07) is 7.79. The van der Waals surface area contributed by atoms with Gasteiger partial charge in [0.25, 0.3) is 0 Å². The number of thiazole rings is 1. The van der Waals surface area contributed by atoms with Gasteiger partial charge in [-0.25, -0.2) is 4.98 Å². The zero-order valence-corrected chi connectivity index (χ0v) is 17.0. The lowest BCUT2D eigenvalue weighted by atomic mass is 10.1. The Bertz CT molecular complexity index is 782. The lowest BCUT2D eigenvalue weighted by molar-refractivity contribution is -0.125. The van der Waals surface area contributed by atoms with Crippen molar-refractivity contribution in [2.45, 2.75) is 39.0 Å². The lowest BCUT2D eigenvalue weighted by Crippen LogP contribution is -2.37. The Morgan fingerprint density at radius 2 is 1.86 bits per heavy atom. The van der Waals surface area contributed by atoms with E-state index in [2.05, 4.69) is 15.6 Å². The van der Waals surface area contributed by atoms with Crippen molar-refractivity contribution in [2.24, 2.45) is 5.92 Å². The first-order chi connectivity index (χ1) is 13.7. The van der Waals surface area contributed by atoms with E-state index >= 15 is 0 Å². The number of hydrogen-bond acceptors (Lipinski definition) is 5. The maximum Gasteiger partial charge on any atom is 0.226 e. The Balaban J connectivity index is 1.40. The molecule has 1 aromatic carbocycles. The standard InChI is InChI=1S/C21H27N3O3S/c1-2-27-18-9-7-16(8-10-18)21-24-17(14-28-21)13-19(25)22-11-12-23-20(26)15-5-3-4-6-15/h7-10,14-15H,2-6,11-13H2,1H3,(H,22,25)(H,23,26). The zero-order chi connectivity index (χ0) is 19.8. The largest absolute Gasteiger partial charge is 0.494 e. The third kappa shape index (κ3) is 5.79. The SMILES string of the molecule is CCOc1ccc(-c2nc(CC(=O)NCCNC(=O)C3CCCC3)cs2)cc1. The fourth-order valence-electron chi connectivity index (χ4n) is 3.33. The molecule has 0 bridgehead atoms. The lowest BCUT2D eigenvalue weighted by Gasteiger charge is -2.10. The van der Waals surface area contributed by atoms with Crippen molar-refractivity contribution in [3.63, 3.8) is 0 Å². The van der Waals surface area contributed by atoms with Crippen LogP contribution in [0.1, 0.15) is 38.3 Å². The van der Waals surface area contributed by atoms with Crippen LogP contribution in [0.2, 0.25) is 0 Å². The number of hydrogen-bond donors (Lipinski definition) is 2. The summed E-state index contributed by atoms with van der Waals surface area (Å²) < 4.78 is 5.45. The van der Waals surface area contributed by atoms with E-state index in [9.17, 15) is 9.59 Å². The molecule has 1 saturated carbocycles.